The Morgan fingerprint density at radius 2 is 1.97 bits per heavy atom. The molecule has 0 saturated carbocycles. The van der Waals surface area contributed by atoms with Crippen molar-refractivity contribution in [1.82, 2.24) is 9.55 Å². The average molecular weight is 438 g/mol. The second-order valence-electron chi connectivity index (χ2n) is 5.49. The Bertz CT molecular complexity index is 1050. The zero-order valence-electron chi connectivity index (χ0n) is 14.7. The van der Waals surface area contributed by atoms with Gasteiger partial charge in [0.05, 0.1) is 24.0 Å². The van der Waals surface area contributed by atoms with Crippen LogP contribution in [0.25, 0.3) is 5.69 Å². The van der Waals surface area contributed by atoms with E-state index in [1.54, 1.807) is 0 Å². The average Bonchev–Trinajstić information content (AvgIpc) is 2.62. The molecule has 0 bridgehead atoms. The van der Waals surface area contributed by atoms with E-state index in [0.29, 0.717) is 0 Å². The molecule has 0 aliphatic carbocycles. The Hall–Kier alpha value is -3.15. The molecule has 1 N–H and O–H groups in total. The molecule has 0 amide bonds. The molecule has 1 atom stereocenters. The summed E-state index contributed by atoms with van der Waals surface area (Å²) < 4.78 is 56.9. The topological polar surface area (TPSA) is 103 Å². The minimum atomic E-state index is -4.97. The number of hydrogen-bond donors (Lipinski definition) is 1. The molecule has 1 aromatic heterocycles. The van der Waals surface area contributed by atoms with Crippen LogP contribution in [0, 0.1) is 5.82 Å². The zero-order valence-corrected chi connectivity index (χ0v) is 15.5. The Balaban J connectivity index is 2.49. The maximum Gasteiger partial charge on any atom is 0.431 e. The SMILES string of the molecule is COC(=O)[C@@H](C)O/N=C/c1cc(-n2c(=O)cc(C(F)(F)F)[nH]c2=O)c(F)cc1Cl. The first-order valence-electron chi connectivity index (χ1n) is 7.65. The molecule has 13 heteroatoms. The van der Waals surface area contributed by atoms with Gasteiger partial charge in [-0.25, -0.2) is 18.5 Å². The number of benzene rings is 1. The second-order valence-corrected chi connectivity index (χ2v) is 5.90. The summed E-state index contributed by atoms with van der Waals surface area (Å²) in [6.07, 6.45) is -5.09. The Labute approximate surface area is 164 Å². The highest BCUT2D eigenvalue weighted by Gasteiger charge is 2.33. The van der Waals surface area contributed by atoms with E-state index in [0.717, 1.165) is 25.5 Å². The third-order valence-electron chi connectivity index (χ3n) is 3.49. The van der Waals surface area contributed by atoms with Gasteiger partial charge < -0.3 is 14.6 Å². The van der Waals surface area contributed by atoms with Gasteiger partial charge in [0.2, 0.25) is 6.10 Å². The van der Waals surface area contributed by atoms with Crippen LogP contribution >= 0.6 is 11.6 Å². The lowest BCUT2D eigenvalue weighted by Gasteiger charge is -2.11. The van der Waals surface area contributed by atoms with Crippen LogP contribution in [-0.2, 0) is 20.5 Å². The monoisotopic (exact) mass is 437 g/mol. The first-order chi connectivity index (χ1) is 13.5. The van der Waals surface area contributed by atoms with Crippen LogP contribution in [0.4, 0.5) is 17.6 Å². The van der Waals surface area contributed by atoms with E-state index < -0.39 is 46.7 Å². The van der Waals surface area contributed by atoms with Gasteiger partial charge in [-0.05, 0) is 19.1 Å². The summed E-state index contributed by atoms with van der Waals surface area (Å²) in [7, 11) is 1.13. The molecule has 29 heavy (non-hydrogen) atoms. The first kappa shape index (κ1) is 22.1. The zero-order chi connectivity index (χ0) is 21.9. The van der Waals surface area contributed by atoms with Crippen LogP contribution < -0.4 is 11.2 Å². The van der Waals surface area contributed by atoms with E-state index in [1.807, 2.05) is 0 Å². The predicted octanol–water partition coefficient (Wildman–Crippen LogP) is 2.25. The molecule has 156 valence electrons. The lowest BCUT2D eigenvalue weighted by molar-refractivity contribution is -0.152. The highest BCUT2D eigenvalue weighted by molar-refractivity contribution is 6.33. The van der Waals surface area contributed by atoms with Gasteiger partial charge in [0, 0.05) is 11.6 Å². The highest BCUT2D eigenvalue weighted by Crippen LogP contribution is 2.26. The third kappa shape index (κ3) is 5.02. The Morgan fingerprint density at radius 1 is 1.31 bits per heavy atom. The molecule has 0 fully saturated rings. The number of hydrogen-bond acceptors (Lipinski definition) is 6. The van der Waals surface area contributed by atoms with E-state index >= 15 is 0 Å². The van der Waals surface area contributed by atoms with Crippen molar-refractivity contribution in [2.24, 2.45) is 5.16 Å². The molecular formula is C16H12ClF4N3O5. The summed E-state index contributed by atoms with van der Waals surface area (Å²) in [4.78, 5) is 41.5. The molecule has 0 saturated heterocycles. The standard InChI is InChI=1S/C16H12ClF4N3O5/c1-7(14(26)28-2)29-22-6-8-3-11(10(18)4-9(8)17)24-13(25)5-12(16(19,20)21)23-15(24)27/h3-7H,1-2H3,(H,23,27)/b22-6+/t7-/m1/s1. The van der Waals surface area contributed by atoms with Crippen LogP contribution in [0.2, 0.25) is 5.02 Å². The summed E-state index contributed by atoms with van der Waals surface area (Å²) in [5.41, 5.74) is -5.22. The third-order valence-corrected chi connectivity index (χ3v) is 3.82. The number of nitrogens with zero attached hydrogens (tertiary/aromatic N) is 2. The van der Waals surface area contributed by atoms with Crippen LogP contribution in [0.1, 0.15) is 18.2 Å². The van der Waals surface area contributed by atoms with Crippen LogP contribution in [0.3, 0.4) is 0 Å². The van der Waals surface area contributed by atoms with E-state index in [9.17, 15) is 31.9 Å². The van der Waals surface area contributed by atoms with Gasteiger partial charge >= 0.3 is 17.8 Å². The number of oxime groups is 1. The maximum absolute atomic E-state index is 14.3. The van der Waals surface area contributed by atoms with Crippen molar-refractivity contribution in [1.29, 1.82) is 0 Å². The number of H-pyrrole nitrogens is 1. The number of esters is 1. The van der Waals surface area contributed by atoms with Crippen molar-refractivity contribution < 1.29 is 31.9 Å². The molecule has 2 rings (SSSR count). The minimum Gasteiger partial charge on any atom is -0.466 e. The number of rotatable bonds is 5. The lowest BCUT2D eigenvalue weighted by atomic mass is 10.2. The van der Waals surface area contributed by atoms with Gasteiger partial charge in [0.1, 0.15) is 11.5 Å². The summed E-state index contributed by atoms with van der Waals surface area (Å²) in [5.74, 6) is -1.88. The molecule has 1 aromatic carbocycles. The van der Waals surface area contributed by atoms with Gasteiger partial charge in [0.15, 0.2) is 0 Å². The molecule has 0 aliphatic heterocycles. The van der Waals surface area contributed by atoms with Crippen molar-refractivity contribution in [3.63, 3.8) is 0 Å². The van der Waals surface area contributed by atoms with Gasteiger partial charge in [0.25, 0.3) is 5.56 Å². The number of alkyl halides is 3. The summed E-state index contributed by atoms with van der Waals surface area (Å²) in [6, 6.07) is 1.74. The molecular weight excluding hydrogens is 426 g/mol. The number of halogens is 5. The fraction of sp³-hybridized carbons (Fsp3) is 0.250. The molecule has 0 radical (unpaired) electrons. The number of aromatic amines is 1. The largest absolute Gasteiger partial charge is 0.466 e. The van der Waals surface area contributed by atoms with E-state index in [-0.39, 0.29) is 21.2 Å². The van der Waals surface area contributed by atoms with Gasteiger partial charge in [-0.1, -0.05) is 16.8 Å². The van der Waals surface area contributed by atoms with E-state index in [2.05, 4.69) is 9.89 Å². The van der Waals surface area contributed by atoms with E-state index in [4.69, 9.17) is 16.4 Å². The predicted molar refractivity (Wildman–Crippen MR) is 92.8 cm³/mol. The maximum atomic E-state index is 14.3. The fourth-order valence-corrected chi connectivity index (χ4v) is 2.29. The summed E-state index contributed by atoms with van der Waals surface area (Å²) >= 11 is 5.86. The number of aromatic nitrogens is 2. The normalized spacial score (nSPS) is 12.8. The van der Waals surface area contributed by atoms with Gasteiger partial charge in [-0.15, -0.1) is 0 Å². The number of carbonyl (C=O) groups excluding carboxylic acids is 1. The highest BCUT2D eigenvalue weighted by atomic mass is 35.5. The van der Waals surface area contributed by atoms with Gasteiger partial charge in [-0.2, -0.15) is 13.2 Å². The number of ether oxygens (including phenoxy) is 1. The van der Waals surface area contributed by atoms with Crippen molar-refractivity contribution >= 4 is 23.8 Å². The van der Waals surface area contributed by atoms with Crippen molar-refractivity contribution in [3.8, 4) is 5.69 Å². The second kappa shape index (κ2) is 8.47. The van der Waals surface area contributed by atoms with Gasteiger partial charge in [-0.3, -0.25) is 4.79 Å². The van der Waals surface area contributed by atoms with Crippen LogP contribution in [0.15, 0.2) is 32.9 Å². The number of carbonyl (C=O) groups is 1. The van der Waals surface area contributed by atoms with Crippen LogP contribution in [-0.4, -0.2) is 34.9 Å². The first-order valence-corrected chi connectivity index (χ1v) is 8.03. The van der Waals surface area contributed by atoms with Crippen LogP contribution in [0.5, 0.6) is 0 Å². The molecule has 2 aromatic rings. The van der Waals surface area contributed by atoms with E-state index in [1.165, 1.54) is 11.9 Å². The Morgan fingerprint density at radius 3 is 2.52 bits per heavy atom. The molecule has 0 aliphatic rings. The fourth-order valence-electron chi connectivity index (χ4n) is 2.09. The van der Waals surface area contributed by atoms with Crippen molar-refractivity contribution in [2.75, 3.05) is 7.11 Å². The van der Waals surface area contributed by atoms with Crippen molar-refractivity contribution in [2.45, 2.75) is 19.2 Å². The smallest absolute Gasteiger partial charge is 0.431 e. The molecule has 0 unspecified atom stereocenters. The minimum absolute atomic E-state index is 0.0497. The summed E-state index contributed by atoms with van der Waals surface area (Å²) in [6.45, 7) is 1.34. The molecule has 0 spiro atoms. The van der Waals surface area contributed by atoms with Crippen molar-refractivity contribution in [3.05, 3.63) is 61.1 Å². The summed E-state index contributed by atoms with van der Waals surface area (Å²) in [5, 5.41) is 3.26. The quantitative estimate of drug-likeness (QED) is 0.334. The number of methoxy groups -OCH3 is 1. The molecule has 8 nitrogen and oxygen atoms in total. The molecule has 1 heterocycles. The number of nitrogens with one attached hydrogen (secondary N) is 1. The lowest BCUT2D eigenvalue weighted by Crippen LogP contribution is -2.36. The Kier molecular flexibility index (Phi) is 6.47.